The molecule has 0 spiro atoms. The topological polar surface area (TPSA) is 57.4 Å². The minimum atomic E-state index is -4.79. The van der Waals surface area contributed by atoms with Gasteiger partial charge in [-0.25, -0.2) is 4.98 Å². The van der Waals surface area contributed by atoms with E-state index in [4.69, 9.17) is 10.5 Å². The maximum Gasteiger partial charge on any atom is 0.574 e. The molecule has 8 heteroatoms. The van der Waals surface area contributed by atoms with E-state index in [0.29, 0.717) is 0 Å². The van der Waals surface area contributed by atoms with Gasteiger partial charge in [0, 0.05) is 12.6 Å². The van der Waals surface area contributed by atoms with Crippen molar-refractivity contribution in [2.75, 3.05) is 7.11 Å². The third-order valence-corrected chi connectivity index (χ3v) is 2.58. The van der Waals surface area contributed by atoms with Crippen LogP contribution in [-0.4, -0.2) is 18.5 Å². The summed E-state index contributed by atoms with van der Waals surface area (Å²) in [6, 6.07) is 1.46. The Morgan fingerprint density at radius 1 is 1.50 bits per heavy atom. The van der Waals surface area contributed by atoms with Crippen molar-refractivity contribution < 1.29 is 22.6 Å². The average Bonchev–Trinajstić information content (AvgIpc) is 2.19. The Balaban J connectivity index is 3.16. The van der Waals surface area contributed by atoms with Crippen molar-refractivity contribution in [3.63, 3.8) is 0 Å². The van der Waals surface area contributed by atoms with E-state index >= 15 is 0 Å². The molecule has 1 aromatic heterocycles. The van der Waals surface area contributed by atoms with E-state index in [0.717, 1.165) is 0 Å². The zero-order valence-corrected chi connectivity index (χ0v) is 10.3. The van der Waals surface area contributed by atoms with Crippen molar-refractivity contribution in [1.82, 2.24) is 4.98 Å². The first-order valence-electron chi connectivity index (χ1n) is 4.06. The normalized spacial score (nSPS) is 11.4. The summed E-state index contributed by atoms with van der Waals surface area (Å²) in [5.74, 6) is -0.303. The summed E-state index contributed by atoms with van der Waals surface area (Å²) in [5, 5.41) is 0. The van der Waals surface area contributed by atoms with Gasteiger partial charge in [-0.3, -0.25) is 0 Å². The molecule has 90 valence electrons. The molecule has 0 atom stereocenters. The van der Waals surface area contributed by atoms with Gasteiger partial charge in [-0.2, -0.15) is 0 Å². The predicted octanol–water partition coefficient (Wildman–Crippen LogP) is 2.05. The number of aromatic nitrogens is 1. The molecule has 0 amide bonds. The summed E-state index contributed by atoms with van der Waals surface area (Å²) in [7, 11) is 1.34. The number of pyridine rings is 1. The highest BCUT2D eigenvalue weighted by atomic mass is 127. The molecule has 0 unspecified atom stereocenters. The predicted molar refractivity (Wildman–Crippen MR) is 58.1 cm³/mol. The molecule has 1 aromatic rings. The van der Waals surface area contributed by atoms with Crippen LogP contribution in [0, 0.1) is 3.57 Å². The van der Waals surface area contributed by atoms with E-state index in [1.165, 1.54) is 13.2 Å². The standard InChI is InChI=1S/C8H8F3IN2O2/c1-15-5-2-4(3-13)14-7(6(5)12)16-8(9,10)11/h2H,3,13H2,1H3. The highest BCUT2D eigenvalue weighted by molar-refractivity contribution is 14.1. The summed E-state index contributed by atoms with van der Waals surface area (Å²) in [6.07, 6.45) is -4.79. The molecule has 2 N–H and O–H groups in total. The summed E-state index contributed by atoms with van der Waals surface area (Å²) >= 11 is 1.66. The number of methoxy groups -OCH3 is 1. The molecule has 0 aromatic carbocycles. The minimum absolute atomic E-state index is 0.00149. The van der Waals surface area contributed by atoms with E-state index < -0.39 is 12.2 Å². The van der Waals surface area contributed by atoms with Gasteiger partial charge in [0.25, 0.3) is 0 Å². The van der Waals surface area contributed by atoms with Crippen molar-refractivity contribution >= 4 is 22.6 Å². The van der Waals surface area contributed by atoms with Gasteiger partial charge >= 0.3 is 6.36 Å². The number of alkyl halides is 3. The zero-order valence-electron chi connectivity index (χ0n) is 8.14. The SMILES string of the molecule is COc1cc(CN)nc(OC(F)(F)F)c1I. The first-order chi connectivity index (χ1) is 7.37. The highest BCUT2D eigenvalue weighted by Crippen LogP contribution is 2.32. The number of hydrogen-bond donors (Lipinski definition) is 1. The van der Waals surface area contributed by atoms with Crippen molar-refractivity contribution in [2.24, 2.45) is 5.73 Å². The molecule has 0 aliphatic rings. The van der Waals surface area contributed by atoms with E-state index in [2.05, 4.69) is 9.72 Å². The van der Waals surface area contributed by atoms with Crippen LogP contribution in [0.25, 0.3) is 0 Å². The Labute approximate surface area is 103 Å². The number of halogens is 4. The van der Waals surface area contributed by atoms with Gasteiger partial charge in [-0.05, 0) is 22.6 Å². The molecule has 0 fully saturated rings. The lowest BCUT2D eigenvalue weighted by Crippen LogP contribution is -2.19. The fourth-order valence-corrected chi connectivity index (χ4v) is 1.57. The van der Waals surface area contributed by atoms with E-state index in [9.17, 15) is 13.2 Å². The van der Waals surface area contributed by atoms with Crippen LogP contribution in [0.3, 0.4) is 0 Å². The van der Waals surface area contributed by atoms with Crippen LogP contribution in [0.4, 0.5) is 13.2 Å². The maximum absolute atomic E-state index is 12.1. The van der Waals surface area contributed by atoms with Crippen LogP contribution >= 0.6 is 22.6 Å². The second-order valence-corrected chi connectivity index (χ2v) is 3.77. The Bertz CT molecular complexity index is 384. The maximum atomic E-state index is 12.1. The monoisotopic (exact) mass is 348 g/mol. The Morgan fingerprint density at radius 2 is 2.12 bits per heavy atom. The largest absolute Gasteiger partial charge is 0.574 e. The lowest BCUT2D eigenvalue weighted by molar-refractivity contribution is -0.276. The molecule has 16 heavy (non-hydrogen) atoms. The number of ether oxygens (including phenoxy) is 2. The zero-order chi connectivity index (χ0) is 12.3. The summed E-state index contributed by atoms with van der Waals surface area (Å²) in [6.45, 7) is 0.00149. The van der Waals surface area contributed by atoms with Gasteiger partial charge < -0.3 is 15.2 Å². The highest BCUT2D eigenvalue weighted by Gasteiger charge is 2.33. The molecule has 4 nitrogen and oxygen atoms in total. The van der Waals surface area contributed by atoms with Crippen molar-refractivity contribution in [3.05, 3.63) is 15.3 Å². The number of rotatable bonds is 3. The minimum Gasteiger partial charge on any atom is -0.495 e. The van der Waals surface area contributed by atoms with Gasteiger partial charge in [0.05, 0.1) is 12.8 Å². The fraction of sp³-hybridized carbons (Fsp3) is 0.375. The number of nitrogens with zero attached hydrogens (tertiary/aromatic N) is 1. The summed E-state index contributed by atoms with van der Waals surface area (Å²) in [5.41, 5.74) is 5.56. The fourth-order valence-electron chi connectivity index (χ4n) is 0.962. The lowest BCUT2D eigenvalue weighted by atomic mass is 10.3. The first kappa shape index (κ1) is 13.3. The average molecular weight is 348 g/mol. The van der Waals surface area contributed by atoms with Gasteiger partial charge in [-0.15, -0.1) is 13.2 Å². The van der Waals surface area contributed by atoms with Crippen LogP contribution in [0.2, 0.25) is 0 Å². The van der Waals surface area contributed by atoms with E-state index in [1.54, 1.807) is 22.6 Å². The molecular weight excluding hydrogens is 340 g/mol. The molecule has 0 saturated heterocycles. The second-order valence-electron chi connectivity index (χ2n) is 2.69. The van der Waals surface area contributed by atoms with Gasteiger partial charge in [-0.1, -0.05) is 0 Å². The lowest BCUT2D eigenvalue weighted by Gasteiger charge is -2.13. The second kappa shape index (κ2) is 5.04. The van der Waals surface area contributed by atoms with Crippen LogP contribution in [0.5, 0.6) is 11.6 Å². The van der Waals surface area contributed by atoms with Crippen LogP contribution in [0.1, 0.15) is 5.69 Å². The quantitative estimate of drug-likeness (QED) is 0.850. The molecule has 0 radical (unpaired) electrons. The molecule has 1 rings (SSSR count). The van der Waals surface area contributed by atoms with Crippen LogP contribution < -0.4 is 15.2 Å². The van der Waals surface area contributed by atoms with Crippen molar-refractivity contribution in [3.8, 4) is 11.6 Å². The van der Waals surface area contributed by atoms with E-state index in [1.807, 2.05) is 0 Å². The van der Waals surface area contributed by atoms with Gasteiger partial charge in [0.1, 0.15) is 9.32 Å². The van der Waals surface area contributed by atoms with E-state index in [-0.39, 0.29) is 21.6 Å². The Kier molecular flexibility index (Phi) is 4.19. The number of nitrogens with two attached hydrogens (primary N) is 1. The molecule has 0 bridgehead atoms. The van der Waals surface area contributed by atoms with Crippen LogP contribution in [0.15, 0.2) is 6.07 Å². The van der Waals surface area contributed by atoms with Crippen molar-refractivity contribution in [2.45, 2.75) is 12.9 Å². The Morgan fingerprint density at radius 3 is 2.56 bits per heavy atom. The molecule has 0 saturated carbocycles. The smallest absolute Gasteiger partial charge is 0.495 e. The first-order valence-corrected chi connectivity index (χ1v) is 5.14. The third kappa shape index (κ3) is 3.37. The molecule has 0 aliphatic heterocycles. The number of hydrogen-bond acceptors (Lipinski definition) is 4. The van der Waals surface area contributed by atoms with Crippen molar-refractivity contribution in [1.29, 1.82) is 0 Å². The third-order valence-electron chi connectivity index (χ3n) is 1.59. The summed E-state index contributed by atoms with van der Waals surface area (Å²) < 4.78 is 45.0. The van der Waals surface area contributed by atoms with Gasteiger partial charge in [0.15, 0.2) is 0 Å². The molecular formula is C8H8F3IN2O2. The summed E-state index contributed by atoms with van der Waals surface area (Å²) in [4.78, 5) is 3.63. The molecule has 0 aliphatic carbocycles. The van der Waals surface area contributed by atoms with Crippen LogP contribution in [-0.2, 0) is 6.54 Å². The molecule has 1 heterocycles. The van der Waals surface area contributed by atoms with Gasteiger partial charge in [0.2, 0.25) is 5.88 Å². The Hall–Kier alpha value is -0.770.